The molecule has 1 nitrogen and oxygen atoms in total. The molecule has 27 heavy (non-hydrogen) atoms. The first-order chi connectivity index (χ1) is 13.3. The van der Waals surface area contributed by atoms with E-state index < -0.39 is 0 Å². The smallest absolute Gasteiger partial charge is 0.0552 e. The van der Waals surface area contributed by atoms with Gasteiger partial charge < -0.3 is 4.57 Å². The maximum Gasteiger partial charge on any atom is 0.0552 e. The Morgan fingerprint density at radius 2 is 1.30 bits per heavy atom. The van der Waals surface area contributed by atoms with Crippen molar-refractivity contribution in [3.63, 3.8) is 0 Å². The first-order valence-electron chi connectivity index (χ1n) is 8.90. The molecule has 0 aliphatic carbocycles. The zero-order chi connectivity index (χ0) is 18.0. The molecule has 0 unspecified atom stereocenters. The molecule has 0 aliphatic rings. The number of benzene rings is 4. The van der Waals surface area contributed by atoms with Crippen LogP contribution < -0.4 is 0 Å². The molecule has 0 atom stereocenters. The summed E-state index contributed by atoms with van der Waals surface area (Å²) < 4.78 is 6.14. The van der Waals surface area contributed by atoms with E-state index in [0.717, 1.165) is 4.47 Å². The Morgan fingerprint density at radius 1 is 0.593 bits per heavy atom. The van der Waals surface area contributed by atoms with Crippen molar-refractivity contribution in [2.75, 3.05) is 0 Å². The summed E-state index contributed by atoms with van der Waals surface area (Å²) in [6.07, 6.45) is 0. The van der Waals surface area contributed by atoms with Gasteiger partial charge in [-0.15, -0.1) is 11.3 Å². The standard InChI is InChI=1S/C24H14BrNS/c25-15-9-11-18-17-5-1-3-7-21(17)26(22(18)13-15)16-10-12-20-19-6-2-4-8-23(19)27-24(20)14-16/h1-14H. The lowest BCUT2D eigenvalue weighted by atomic mass is 10.1. The van der Waals surface area contributed by atoms with Crippen LogP contribution in [0.2, 0.25) is 0 Å². The molecule has 3 heteroatoms. The minimum Gasteiger partial charge on any atom is -0.309 e. The highest BCUT2D eigenvalue weighted by Gasteiger charge is 2.13. The summed E-state index contributed by atoms with van der Waals surface area (Å²) in [6, 6.07) is 30.7. The Kier molecular flexibility index (Phi) is 3.25. The van der Waals surface area contributed by atoms with Crippen LogP contribution in [0.15, 0.2) is 89.4 Å². The Labute approximate surface area is 168 Å². The average Bonchev–Trinajstić information content (AvgIpc) is 3.22. The highest BCUT2D eigenvalue weighted by Crippen LogP contribution is 2.38. The van der Waals surface area contributed by atoms with Gasteiger partial charge in [0.1, 0.15) is 0 Å². The number of hydrogen-bond acceptors (Lipinski definition) is 1. The first kappa shape index (κ1) is 15.4. The second kappa shape index (κ2) is 5.69. The molecule has 0 bridgehead atoms. The molecule has 128 valence electrons. The molecule has 6 rings (SSSR count). The van der Waals surface area contributed by atoms with E-state index in [0.29, 0.717) is 0 Å². The van der Waals surface area contributed by atoms with Gasteiger partial charge in [-0.2, -0.15) is 0 Å². The Bertz CT molecular complexity index is 1490. The Morgan fingerprint density at radius 3 is 2.22 bits per heavy atom. The number of para-hydroxylation sites is 1. The van der Waals surface area contributed by atoms with Gasteiger partial charge in [0, 0.05) is 41.1 Å². The molecule has 2 heterocycles. The van der Waals surface area contributed by atoms with Gasteiger partial charge in [-0.3, -0.25) is 0 Å². The van der Waals surface area contributed by atoms with Crippen molar-refractivity contribution in [3.05, 3.63) is 89.4 Å². The second-order valence-corrected chi connectivity index (χ2v) is 8.79. The number of aromatic nitrogens is 1. The van der Waals surface area contributed by atoms with Crippen molar-refractivity contribution >= 4 is 69.2 Å². The summed E-state index contributed by atoms with van der Waals surface area (Å²) in [7, 11) is 0. The molecule has 0 aliphatic heterocycles. The van der Waals surface area contributed by atoms with Crippen LogP contribution in [0.25, 0.3) is 47.7 Å². The monoisotopic (exact) mass is 427 g/mol. The minimum atomic E-state index is 1.10. The van der Waals surface area contributed by atoms with Crippen molar-refractivity contribution in [1.82, 2.24) is 4.57 Å². The van der Waals surface area contributed by atoms with E-state index in [1.807, 2.05) is 11.3 Å². The fourth-order valence-electron chi connectivity index (χ4n) is 4.08. The van der Waals surface area contributed by atoms with Crippen molar-refractivity contribution in [2.45, 2.75) is 0 Å². The third-order valence-electron chi connectivity index (χ3n) is 5.26. The fourth-order valence-corrected chi connectivity index (χ4v) is 5.56. The van der Waals surface area contributed by atoms with Crippen LogP contribution in [-0.2, 0) is 0 Å². The molecule has 0 fully saturated rings. The van der Waals surface area contributed by atoms with Crippen LogP contribution in [0.3, 0.4) is 0 Å². The van der Waals surface area contributed by atoms with E-state index in [1.54, 1.807) is 0 Å². The lowest BCUT2D eigenvalue weighted by Crippen LogP contribution is -1.93. The van der Waals surface area contributed by atoms with Gasteiger partial charge in [-0.25, -0.2) is 0 Å². The zero-order valence-electron chi connectivity index (χ0n) is 14.3. The van der Waals surface area contributed by atoms with Gasteiger partial charge in [0.25, 0.3) is 0 Å². The van der Waals surface area contributed by atoms with Gasteiger partial charge >= 0.3 is 0 Å². The minimum absolute atomic E-state index is 1.10. The number of rotatable bonds is 1. The summed E-state index contributed by atoms with van der Waals surface area (Å²) >= 11 is 5.51. The highest BCUT2D eigenvalue weighted by molar-refractivity contribution is 9.10. The summed E-state index contributed by atoms with van der Waals surface area (Å²) in [5.74, 6) is 0. The van der Waals surface area contributed by atoms with Gasteiger partial charge in [-0.1, -0.05) is 64.5 Å². The number of thiophene rings is 1. The lowest BCUT2D eigenvalue weighted by molar-refractivity contribution is 1.19. The van der Waals surface area contributed by atoms with Crippen molar-refractivity contribution < 1.29 is 0 Å². The van der Waals surface area contributed by atoms with Crippen molar-refractivity contribution in [1.29, 1.82) is 0 Å². The van der Waals surface area contributed by atoms with Crippen LogP contribution in [0.5, 0.6) is 0 Å². The maximum atomic E-state index is 3.65. The van der Waals surface area contributed by atoms with Crippen LogP contribution in [-0.4, -0.2) is 4.57 Å². The summed E-state index contributed by atoms with van der Waals surface area (Å²) in [6.45, 7) is 0. The molecular weight excluding hydrogens is 414 g/mol. The number of fused-ring (bicyclic) bond motifs is 6. The van der Waals surface area contributed by atoms with Gasteiger partial charge in [0.15, 0.2) is 0 Å². The van der Waals surface area contributed by atoms with Crippen LogP contribution in [0.4, 0.5) is 0 Å². The SMILES string of the molecule is Brc1ccc2c3ccccc3n(-c3ccc4c(c3)sc3ccccc34)c2c1. The van der Waals surface area contributed by atoms with Crippen LogP contribution in [0, 0.1) is 0 Å². The Hall–Kier alpha value is -2.62. The van der Waals surface area contributed by atoms with Gasteiger partial charge in [-0.05, 0) is 36.4 Å². The molecule has 0 saturated heterocycles. The first-order valence-corrected chi connectivity index (χ1v) is 10.5. The summed E-state index contributed by atoms with van der Waals surface area (Å²) in [5, 5.41) is 5.25. The third kappa shape index (κ3) is 2.22. The molecule has 0 spiro atoms. The highest BCUT2D eigenvalue weighted by atomic mass is 79.9. The fraction of sp³-hybridized carbons (Fsp3) is 0. The summed E-state index contributed by atoms with van der Waals surface area (Å²) in [5.41, 5.74) is 3.68. The maximum absolute atomic E-state index is 3.65. The predicted molar refractivity (Wildman–Crippen MR) is 121 cm³/mol. The normalized spacial score (nSPS) is 11.9. The van der Waals surface area contributed by atoms with Crippen LogP contribution in [0.1, 0.15) is 0 Å². The molecule has 0 saturated carbocycles. The van der Waals surface area contributed by atoms with Gasteiger partial charge in [0.2, 0.25) is 0 Å². The van der Waals surface area contributed by atoms with E-state index in [1.165, 1.54) is 47.7 Å². The van der Waals surface area contributed by atoms with E-state index in [9.17, 15) is 0 Å². The quantitative estimate of drug-likeness (QED) is 0.251. The lowest BCUT2D eigenvalue weighted by Gasteiger charge is -2.08. The molecule has 4 aromatic carbocycles. The largest absolute Gasteiger partial charge is 0.309 e. The molecule has 0 radical (unpaired) electrons. The number of halogens is 1. The van der Waals surface area contributed by atoms with E-state index in [2.05, 4.69) is 105 Å². The zero-order valence-corrected chi connectivity index (χ0v) is 16.7. The molecule has 2 aromatic heterocycles. The second-order valence-electron chi connectivity index (χ2n) is 6.79. The molecule has 6 aromatic rings. The molecule has 0 N–H and O–H groups in total. The van der Waals surface area contributed by atoms with Crippen LogP contribution >= 0.6 is 27.3 Å². The average molecular weight is 428 g/mol. The topological polar surface area (TPSA) is 4.93 Å². The summed E-state index contributed by atoms with van der Waals surface area (Å²) in [4.78, 5) is 0. The van der Waals surface area contributed by atoms with Gasteiger partial charge in [0.05, 0.1) is 11.0 Å². The van der Waals surface area contributed by atoms with E-state index >= 15 is 0 Å². The number of nitrogens with zero attached hydrogens (tertiary/aromatic N) is 1. The molecule has 0 amide bonds. The van der Waals surface area contributed by atoms with Crippen molar-refractivity contribution in [3.8, 4) is 5.69 Å². The Balaban J connectivity index is 1.73. The van der Waals surface area contributed by atoms with Crippen molar-refractivity contribution in [2.24, 2.45) is 0 Å². The third-order valence-corrected chi connectivity index (χ3v) is 6.88. The number of hydrogen-bond donors (Lipinski definition) is 0. The molecular formula is C24H14BrNS. The van der Waals surface area contributed by atoms with E-state index in [4.69, 9.17) is 0 Å². The van der Waals surface area contributed by atoms with E-state index in [-0.39, 0.29) is 0 Å². The predicted octanol–water partition coefficient (Wildman–Crippen LogP) is 7.91.